The molecule has 13 nitrogen and oxygen atoms in total. The lowest BCUT2D eigenvalue weighted by Gasteiger charge is -2.23. The predicted octanol–water partition coefficient (Wildman–Crippen LogP) is 6.15. The fourth-order valence-corrected chi connectivity index (χ4v) is 6.93. The number of carbonyl (C=O) groups excluding carboxylic acids is 3. The van der Waals surface area contributed by atoms with E-state index in [0.29, 0.717) is 28.7 Å². The molecule has 4 aromatic rings. The van der Waals surface area contributed by atoms with Gasteiger partial charge in [-0.25, -0.2) is 4.79 Å². The number of nitrogens with zero attached hydrogens (tertiary/aromatic N) is 4. The molecular weight excluding hydrogens is 697 g/mol. The summed E-state index contributed by atoms with van der Waals surface area (Å²) in [5.74, 6) is 0.901. The van der Waals surface area contributed by atoms with Crippen molar-refractivity contribution in [3.05, 3.63) is 81.8 Å². The topological polar surface area (TPSA) is 169 Å². The number of ether oxygens (including phenoxy) is 2. The minimum atomic E-state index is -0.974. The Bertz CT molecular complexity index is 1670. The van der Waals surface area contributed by atoms with Gasteiger partial charge in [-0.2, -0.15) is 11.8 Å². The Morgan fingerprint density at radius 1 is 0.700 bits per heavy atom. The van der Waals surface area contributed by atoms with Gasteiger partial charge in [-0.15, -0.1) is 20.4 Å². The van der Waals surface area contributed by atoms with Crippen LogP contribution in [0.1, 0.15) is 74.8 Å². The number of benzene rings is 2. The van der Waals surface area contributed by atoms with Crippen LogP contribution in [-0.2, 0) is 31.9 Å². The molecule has 0 radical (unpaired) electrons. The standard InChI is InChI=1S/C34H44N8O5S3/c1-33(2,3)46-21-35-26(22-13-9-7-10-14-22)28(43)37-30-41-39-24(49-30)17-19-48-20-18-25-40-42-31(50-25)38-29(44)27(23-15-11-8-12-16-23)36-32(45)47-34(4,5)6/h7-16,26-27,35H,17-21H2,1-6H3,(H,36,45)(H,37,41,43)(H,38,42,44)/t26-,27-/m1/s1. The van der Waals surface area contributed by atoms with Crippen LogP contribution in [0.2, 0.25) is 0 Å². The van der Waals surface area contributed by atoms with E-state index in [1.54, 1.807) is 56.8 Å². The van der Waals surface area contributed by atoms with Crippen LogP contribution in [0.25, 0.3) is 0 Å². The molecule has 268 valence electrons. The first kappa shape index (κ1) is 38.8. The highest BCUT2D eigenvalue weighted by atomic mass is 32.2. The maximum absolute atomic E-state index is 13.2. The van der Waals surface area contributed by atoms with E-state index in [1.165, 1.54) is 22.7 Å². The molecule has 4 rings (SSSR count). The number of alkyl carbamates (subject to hydrolysis) is 1. The average molecular weight is 741 g/mol. The molecule has 0 saturated carbocycles. The zero-order valence-electron chi connectivity index (χ0n) is 29.0. The van der Waals surface area contributed by atoms with Crippen LogP contribution in [0.3, 0.4) is 0 Å². The summed E-state index contributed by atoms with van der Waals surface area (Å²) in [5, 5.41) is 30.7. The van der Waals surface area contributed by atoms with Crippen molar-refractivity contribution < 1.29 is 23.9 Å². The summed E-state index contributed by atoms with van der Waals surface area (Å²) in [6.45, 7) is 11.4. The zero-order chi connectivity index (χ0) is 36.1. The number of nitrogens with one attached hydrogen (secondary N) is 4. The van der Waals surface area contributed by atoms with E-state index in [-0.39, 0.29) is 18.2 Å². The highest BCUT2D eigenvalue weighted by Gasteiger charge is 2.27. The molecule has 0 fully saturated rings. The zero-order valence-corrected chi connectivity index (χ0v) is 31.5. The fourth-order valence-electron chi connectivity index (χ4n) is 4.31. The van der Waals surface area contributed by atoms with Crippen molar-refractivity contribution in [1.82, 2.24) is 31.0 Å². The summed E-state index contributed by atoms with van der Waals surface area (Å²) >= 11 is 4.37. The van der Waals surface area contributed by atoms with Gasteiger partial charge in [-0.05, 0) is 64.2 Å². The molecule has 2 atom stereocenters. The van der Waals surface area contributed by atoms with Gasteiger partial charge < -0.3 is 14.8 Å². The Morgan fingerprint density at radius 3 is 1.66 bits per heavy atom. The van der Waals surface area contributed by atoms with Crippen molar-refractivity contribution >= 4 is 62.6 Å². The summed E-state index contributed by atoms with van der Waals surface area (Å²) in [5.41, 5.74) is 0.376. The molecule has 0 aliphatic carbocycles. The number of carbonyl (C=O) groups is 3. The molecule has 3 amide bonds. The minimum absolute atomic E-state index is 0.212. The van der Waals surface area contributed by atoms with E-state index >= 15 is 0 Å². The maximum atomic E-state index is 13.2. The quantitative estimate of drug-likeness (QED) is 0.0768. The lowest BCUT2D eigenvalue weighted by molar-refractivity contribution is -0.119. The van der Waals surface area contributed by atoms with Gasteiger partial charge >= 0.3 is 6.09 Å². The minimum Gasteiger partial charge on any atom is -0.444 e. The van der Waals surface area contributed by atoms with E-state index in [2.05, 4.69) is 41.7 Å². The third-order valence-electron chi connectivity index (χ3n) is 6.56. The van der Waals surface area contributed by atoms with Crippen molar-refractivity contribution in [2.24, 2.45) is 0 Å². The van der Waals surface area contributed by atoms with Gasteiger partial charge in [0.05, 0.1) is 12.3 Å². The van der Waals surface area contributed by atoms with Crippen LogP contribution in [0.5, 0.6) is 0 Å². The lowest BCUT2D eigenvalue weighted by Crippen LogP contribution is -2.40. The summed E-state index contributed by atoms with van der Waals surface area (Å²) < 4.78 is 11.1. The van der Waals surface area contributed by atoms with Crippen LogP contribution in [0.15, 0.2) is 60.7 Å². The van der Waals surface area contributed by atoms with Gasteiger partial charge in [-0.3, -0.25) is 25.5 Å². The van der Waals surface area contributed by atoms with Gasteiger partial charge in [0, 0.05) is 12.8 Å². The highest BCUT2D eigenvalue weighted by molar-refractivity contribution is 7.99. The van der Waals surface area contributed by atoms with E-state index < -0.39 is 29.7 Å². The largest absolute Gasteiger partial charge is 0.444 e. The molecule has 0 aliphatic heterocycles. The molecular formula is C34H44N8O5S3. The number of aryl methyl sites for hydroxylation is 2. The molecule has 2 aromatic carbocycles. The van der Waals surface area contributed by atoms with Crippen LogP contribution >= 0.6 is 34.4 Å². The number of anilines is 2. The van der Waals surface area contributed by atoms with E-state index in [4.69, 9.17) is 9.47 Å². The Kier molecular flexibility index (Phi) is 14.2. The molecule has 0 bridgehead atoms. The summed E-state index contributed by atoms with van der Waals surface area (Å²) in [4.78, 5) is 38.9. The van der Waals surface area contributed by atoms with E-state index in [1.807, 2.05) is 57.2 Å². The first-order valence-electron chi connectivity index (χ1n) is 16.1. The van der Waals surface area contributed by atoms with Crippen molar-refractivity contribution in [3.8, 4) is 0 Å². The van der Waals surface area contributed by atoms with Gasteiger partial charge in [-0.1, -0.05) is 83.3 Å². The Balaban J connectivity index is 1.22. The van der Waals surface area contributed by atoms with Crippen molar-refractivity contribution in [1.29, 1.82) is 0 Å². The number of rotatable bonds is 16. The smallest absolute Gasteiger partial charge is 0.408 e. The van der Waals surface area contributed by atoms with Crippen LogP contribution in [0, 0.1) is 0 Å². The second kappa shape index (κ2) is 18.3. The Labute approximate surface area is 304 Å². The fraction of sp³-hybridized carbons (Fsp3) is 0.441. The highest BCUT2D eigenvalue weighted by Crippen LogP contribution is 2.23. The first-order valence-corrected chi connectivity index (χ1v) is 18.9. The summed E-state index contributed by atoms with van der Waals surface area (Å²) in [6.07, 6.45) is 0.666. The monoisotopic (exact) mass is 740 g/mol. The van der Waals surface area contributed by atoms with E-state index in [0.717, 1.165) is 27.1 Å². The second-order valence-electron chi connectivity index (χ2n) is 13.0. The molecule has 0 unspecified atom stereocenters. The van der Waals surface area contributed by atoms with Crippen LogP contribution in [-0.4, -0.2) is 67.7 Å². The van der Waals surface area contributed by atoms with Gasteiger partial charge in [0.25, 0.3) is 5.91 Å². The molecule has 16 heteroatoms. The van der Waals surface area contributed by atoms with Crippen molar-refractivity contribution in [2.75, 3.05) is 28.9 Å². The normalized spacial score (nSPS) is 12.9. The molecule has 2 aromatic heterocycles. The molecule has 0 aliphatic rings. The summed E-state index contributed by atoms with van der Waals surface area (Å²) in [7, 11) is 0. The van der Waals surface area contributed by atoms with Gasteiger partial charge in [0.1, 0.15) is 27.7 Å². The number of amides is 3. The van der Waals surface area contributed by atoms with Gasteiger partial charge in [0.15, 0.2) is 0 Å². The third kappa shape index (κ3) is 13.4. The second-order valence-corrected chi connectivity index (χ2v) is 16.4. The number of hydrogen-bond acceptors (Lipinski definition) is 13. The molecule has 4 N–H and O–H groups in total. The maximum Gasteiger partial charge on any atom is 0.408 e. The lowest BCUT2D eigenvalue weighted by atomic mass is 10.1. The van der Waals surface area contributed by atoms with Crippen LogP contribution in [0.4, 0.5) is 15.1 Å². The summed E-state index contributed by atoms with van der Waals surface area (Å²) in [6, 6.07) is 16.8. The Hall–Kier alpha value is -3.96. The number of hydrogen-bond donors (Lipinski definition) is 4. The number of aromatic nitrogens is 4. The van der Waals surface area contributed by atoms with Crippen molar-refractivity contribution in [2.45, 2.75) is 77.7 Å². The molecule has 50 heavy (non-hydrogen) atoms. The van der Waals surface area contributed by atoms with Gasteiger partial charge in [0.2, 0.25) is 16.2 Å². The van der Waals surface area contributed by atoms with Crippen LogP contribution < -0.4 is 21.3 Å². The molecule has 0 saturated heterocycles. The van der Waals surface area contributed by atoms with Crippen molar-refractivity contribution in [3.63, 3.8) is 0 Å². The van der Waals surface area contributed by atoms with E-state index in [9.17, 15) is 14.4 Å². The molecule has 2 heterocycles. The Morgan fingerprint density at radius 2 is 1.18 bits per heavy atom. The molecule has 0 spiro atoms. The first-order chi connectivity index (χ1) is 23.8. The third-order valence-corrected chi connectivity index (χ3v) is 9.34. The number of thioether (sulfide) groups is 1. The average Bonchev–Trinajstić information content (AvgIpc) is 3.70. The SMILES string of the molecule is CC(C)(C)OCN[C@@H](C(=O)Nc1nnc(CCSCCc2nnc(NC(=O)[C@H](NC(=O)OC(C)(C)C)c3ccccc3)s2)s1)c1ccccc1. The predicted molar refractivity (Wildman–Crippen MR) is 198 cm³/mol.